The van der Waals surface area contributed by atoms with Gasteiger partial charge in [0.05, 0.1) is 6.54 Å². The zero-order valence-corrected chi connectivity index (χ0v) is 16.1. The number of likely N-dealkylation sites (tertiary alicyclic amines) is 1. The number of carbonyl (C=O) groups excluding carboxylic acids is 1. The molecule has 1 aromatic heterocycles. The number of amides is 1. The van der Waals surface area contributed by atoms with E-state index in [9.17, 15) is 4.79 Å². The standard InChI is InChI=1S/C21H21ClN4O2/c22-17-8-4-7-16(13-17)20-24-19(28-25-20)14-26-11-9-18(10-12-26)23-21(27)15-5-2-1-3-6-15/h1-8,13,18H,9-12,14H2,(H,23,27). The molecule has 1 N–H and O–H groups in total. The number of nitrogens with one attached hydrogen (secondary N) is 1. The topological polar surface area (TPSA) is 71.3 Å². The Morgan fingerprint density at radius 3 is 2.68 bits per heavy atom. The third-order valence-electron chi connectivity index (χ3n) is 4.87. The molecule has 2 aromatic carbocycles. The first-order chi connectivity index (χ1) is 13.7. The van der Waals surface area contributed by atoms with Crippen LogP contribution in [0, 0.1) is 0 Å². The fourth-order valence-electron chi connectivity index (χ4n) is 3.35. The van der Waals surface area contributed by atoms with E-state index in [0.29, 0.717) is 28.8 Å². The average Bonchev–Trinajstić information content (AvgIpc) is 3.19. The molecule has 0 radical (unpaired) electrons. The van der Waals surface area contributed by atoms with Gasteiger partial charge < -0.3 is 9.84 Å². The SMILES string of the molecule is O=C(NC1CCN(Cc2nc(-c3cccc(Cl)c3)no2)CC1)c1ccccc1. The Hall–Kier alpha value is -2.70. The Labute approximate surface area is 168 Å². The maximum Gasteiger partial charge on any atom is 0.251 e. The predicted octanol–water partition coefficient (Wildman–Crippen LogP) is 3.78. The number of rotatable bonds is 5. The van der Waals surface area contributed by atoms with Crippen LogP contribution in [0.2, 0.25) is 5.02 Å². The molecule has 1 saturated heterocycles. The lowest BCUT2D eigenvalue weighted by Crippen LogP contribution is -2.44. The molecule has 0 saturated carbocycles. The van der Waals surface area contributed by atoms with Gasteiger partial charge in [0.1, 0.15) is 0 Å². The third kappa shape index (κ3) is 4.58. The van der Waals surface area contributed by atoms with Crippen molar-refractivity contribution < 1.29 is 9.32 Å². The summed E-state index contributed by atoms with van der Waals surface area (Å²) in [6.45, 7) is 2.34. The molecule has 1 amide bonds. The molecule has 0 aliphatic carbocycles. The molecule has 144 valence electrons. The van der Waals surface area contributed by atoms with Gasteiger partial charge in [-0.3, -0.25) is 9.69 Å². The summed E-state index contributed by atoms with van der Waals surface area (Å²) in [6, 6.07) is 16.9. The average molecular weight is 397 g/mol. The molecule has 28 heavy (non-hydrogen) atoms. The van der Waals surface area contributed by atoms with Gasteiger partial charge in [-0.05, 0) is 37.1 Å². The lowest BCUT2D eigenvalue weighted by molar-refractivity contribution is 0.0904. The molecule has 1 aliphatic heterocycles. The summed E-state index contributed by atoms with van der Waals surface area (Å²) in [4.78, 5) is 19.0. The van der Waals surface area contributed by atoms with E-state index in [4.69, 9.17) is 16.1 Å². The van der Waals surface area contributed by atoms with Crippen LogP contribution in [0.15, 0.2) is 59.1 Å². The van der Waals surface area contributed by atoms with Gasteiger partial charge in [0.2, 0.25) is 11.7 Å². The van der Waals surface area contributed by atoms with Gasteiger partial charge in [-0.1, -0.05) is 47.1 Å². The van der Waals surface area contributed by atoms with Crippen molar-refractivity contribution in [1.29, 1.82) is 0 Å². The Kier molecular flexibility index (Phi) is 5.69. The van der Waals surface area contributed by atoms with E-state index >= 15 is 0 Å². The molecule has 3 aromatic rings. The lowest BCUT2D eigenvalue weighted by Gasteiger charge is -2.31. The van der Waals surface area contributed by atoms with Crippen LogP contribution in [-0.4, -0.2) is 40.1 Å². The fourth-order valence-corrected chi connectivity index (χ4v) is 3.54. The van der Waals surface area contributed by atoms with Crippen LogP contribution in [0.5, 0.6) is 0 Å². The number of hydrogen-bond donors (Lipinski definition) is 1. The van der Waals surface area contributed by atoms with Crippen molar-refractivity contribution in [3.05, 3.63) is 71.1 Å². The second-order valence-corrected chi connectivity index (χ2v) is 7.35. The number of aromatic nitrogens is 2. The molecule has 0 atom stereocenters. The highest BCUT2D eigenvalue weighted by Crippen LogP contribution is 2.21. The molecule has 1 fully saturated rings. The normalized spacial score (nSPS) is 15.5. The van der Waals surface area contributed by atoms with Crippen LogP contribution in [0.25, 0.3) is 11.4 Å². The third-order valence-corrected chi connectivity index (χ3v) is 5.10. The second-order valence-electron chi connectivity index (χ2n) is 6.91. The van der Waals surface area contributed by atoms with Crippen molar-refractivity contribution in [2.45, 2.75) is 25.4 Å². The van der Waals surface area contributed by atoms with Crippen LogP contribution >= 0.6 is 11.6 Å². The minimum atomic E-state index is -0.0119. The minimum Gasteiger partial charge on any atom is -0.349 e. The zero-order valence-electron chi connectivity index (χ0n) is 15.3. The Balaban J connectivity index is 1.28. The summed E-state index contributed by atoms with van der Waals surface area (Å²) in [5, 5.41) is 7.82. The summed E-state index contributed by atoms with van der Waals surface area (Å²) in [6.07, 6.45) is 1.79. The van der Waals surface area contributed by atoms with Crippen molar-refractivity contribution in [3.63, 3.8) is 0 Å². The molecule has 6 nitrogen and oxygen atoms in total. The fraction of sp³-hybridized carbons (Fsp3) is 0.286. The highest BCUT2D eigenvalue weighted by atomic mass is 35.5. The van der Waals surface area contributed by atoms with Crippen molar-refractivity contribution in [2.75, 3.05) is 13.1 Å². The Morgan fingerprint density at radius 2 is 1.93 bits per heavy atom. The maximum absolute atomic E-state index is 12.3. The first-order valence-corrected chi connectivity index (χ1v) is 9.72. The van der Waals surface area contributed by atoms with Gasteiger partial charge >= 0.3 is 0 Å². The maximum atomic E-state index is 12.3. The zero-order chi connectivity index (χ0) is 19.3. The van der Waals surface area contributed by atoms with Gasteiger partial charge in [0.15, 0.2) is 0 Å². The van der Waals surface area contributed by atoms with E-state index in [2.05, 4.69) is 20.4 Å². The summed E-state index contributed by atoms with van der Waals surface area (Å²) in [5.41, 5.74) is 1.54. The molecule has 7 heteroatoms. The summed E-state index contributed by atoms with van der Waals surface area (Å²) in [5.74, 6) is 1.12. The van der Waals surface area contributed by atoms with E-state index in [1.165, 1.54) is 0 Å². The highest BCUT2D eigenvalue weighted by Gasteiger charge is 2.22. The monoisotopic (exact) mass is 396 g/mol. The molecule has 0 bridgehead atoms. The largest absolute Gasteiger partial charge is 0.349 e. The quantitative estimate of drug-likeness (QED) is 0.710. The second kappa shape index (κ2) is 8.54. The van der Waals surface area contributed by atoms with Crippen LogP contribution in [0.3, 0.4) is 0 Å². The number of hydrogen-bond acceptors (Lipinski definition) is 5. The summed E-state index contributed by atoms with van der Waals surface area (Å²) in [7, 11) is 0. The van der Waals surface area contributed by atoms with Crippen molar-refractivity contribution in [2.24, 2.45) is 0 Å². The van der Waals surface area contributed by atoms with Crippen LogP contribution in [-0.2, 0) is 6.54 Å². The molecule has 0 unspecified atom stereocenters. The van der Waals surface area contributed by atoms with Crippen LogP contribution < -0.4 is 5.32 Å². The number of nitrogens with zero attached hydrogens (tertiary/aromatic N) is 3. The predicted molar refractivity (Wildman–Crippen MR) is 107 cm³/mol. The molecule has 0 spiro atoms. The number of piperidine rings is 1. The van der Waals surface area contributed by atoms with Gasteiger partial charge in [-0.2, -0.15) is 4.98 Å². The van der Waals surface area contributed by atoms with E-state index in [0.717, 1.165) is 31.5 Å². The molecule has 4 rings (SSSR count). The summed E-state index contributed by atoms with van der Waals surface area (Å²) < 4.78 is 5.40. The van der Waals surface area contributed by atoms with Crippen LogP contribution in [0.4, 0.5) is 0 Å². The summed E-state index contributed by atoms with van der Waals surface area (Å²) >= 11 is 6.02. The number of halogens is 1. The van der Waals surface area contributed by atoms with Gasteiger partial charge in [0, 0.05) is 35.3 Å². The van der Waals surface area contributed by atoms with Gasteiger partial charge in [0.25, 0.3) is 5.91 Å². The Bertz CT molecular complexity index is 936. The molecular formula is C21H21ClN4O2. The van der Waals surface area contributed by atoms with E-state index in [-0.39, 0.29) is 11.9 Å². The van der Waals surface area contributed by atoms with Gasteiger partial charge in [-0.25, -0.2) is 0 Å². The lowest BCUT2D eigenvalue weighted by atomic mass is 10.0. The minimum absolute atomic E-state index is 0.0119. The van der Waals surface area contributed by atoms with E-state index in [1.807, 2.05) is 54.6 Å². The van der Waals surface area contributed by atoms with Crippen molar-refractivity contribution in [3.8, 4) is 11.4 Å². The number of carbonyl (C=O) groups is 1. The Morgan fingerprint density at radius 1 is 1.14 bits per heavy atom. The van der Waals surface area contributed by atoms with Crippen molar-refractivity contribution >= 4 is 17.5 Å². The highest BCUT2D eigenvalue weighted by molar-refractivity contribution is 6.30. The molecule has 2 heterocycles. The van der Waals surface area contributed by atoms with E-state index < -0.39 is 0 Å². The first kappa shape index (κ1) is 18.7. The van der Waals surface area contributed by atoms with Crippen molar-refractivity contribution in [1.82, 2.24) is 20.4 Å². The molecule has 1 aliphatic rings. The molecular weight excluding hydrogens is 376 g/mol. The number of benzene rings is 2. The van der Waals surface area contributed by atoms with E-state index in [1.54, 1.807) is 0 Å². The smallest absolute Gasteiger partial charge is 0.251 e. The van der Waals surface area contributed by atoms with Gasteiger partial charge in [-0.15, -0.1) is 0 Å². The first-order valence-electron chi connectivity index (χ1n) is 9.34. The van der Waals surface area contributed by atoms with Crippen LogP contribution in [0.1, 0.15) is 29.1 Å².